The molecule has 0 saturated carbocycles. The minimum atomic E-state index is -0.419. The van der Waals surface area contributed by atoms with E-state index in [2.05, 4.69) is 17.2 Å². The summed E-state index contributed by atoms with van der Waals surface area (Å²) in [5, 5.41) is 14.3. The topological polar surface area (TPSA) is 88.4 Å². The third kappa shape index (κ3) is 3.82. The molecule has 26 heavy (non-hydrogen) atoms. The number of anilines is 2. The zero-order valence-electron chi connectivity index (χ0n) is 14.9. The number of hydrogen-bond donors (Lipinski definition) is 1. The van der Waals surface area contributed by atoms with Gasteiger partial charge in [-0.05, 0) is 49.4 Å². The number of hydrogen-bond acceptors (Lipinski definition) is 5. The molecule has 1 aliphatic rings. The monoisotopic (exact) mass is 354 g/mol. The number of nitrogens with one attached hydrogen (secondary N) is 1. The van der Waals surface area contributed by atoms with Crippen molar-refractivity contribution >= 4 is 23.1 Å². The molecule has 7 nitrogen and oxygen atoms in total. The molecule has 1 unspecified atom stereocenters. The van der Waals surface area contributed by atoms with E-state index in [1.807, 2.05) is 17.9 Å². The Bertz CT molecular complexity index is 837. The molecule has 1 saturated heterocycles. The number of pyridine rings is 1. The number of piperidine rings is 1. The third-order valence-electron chi connectivity index (χ3n) is 4.67. The van der Waals surface area contributed by atoms with E-state index < -0.39 is 10.8 Å². The van der Waals surface area contributed by atoms with Crippen LogP contribution in [0.25, 0.3) is 0 Å². The van der Waals surface area contributed by atoms with Crippen molar-refractivity contribution in [3.63, 3.8) is 0 Å². The molecular weight excluding hydrogens is 332 g/mol. The van der Waals surface area contributed by atoms with Gasteiger partial charge in [-0.15, -0.1) is 0 Å². The molecule has 0 radical (unpaired) electrons. The second-order valence-electron chi connectivity index (χ2n) is 6.78. The Morgan fingerprint density at radius 3 is 2.88 bits per heavy atom. The van der Waals surface area contributed by atoms with Crippen LogP contribution in [0.3, 0.4) is 0 Å². The number of aromatic nitrogens is 1. The van der Waals surface area contributed by atoms with Crippen molar-refractivity contribution in [3.05, 3.63) is 57.8 Å². The highest BCUT2D eigenvalue weighted by atomic mass is 16.6. The number of carbonyl (C=O) groups excluding carboxylic acids is 1. The van der Waals surface area contributed by atoms with Crippen molar-refractivity contribution < 1.29 is 9.72 Å². The SMILES string of the molecule is Cc1cccnc1NC(=O)c1ccc(N2CCCC(C)C2)c([N+](=O)[O-])c1. The maximum absolute atomic E-state index is 12.5. The average Bonchev–Trinajstić information content (AvgIpc) is 2.63. The van der Waals surface area contributed by atoms with Crippen LogP contribution in [-0.2, 0) is 0 Å². The first kappa shape index (κ1) is 17.8. The second-order valence-corrected chi connectivity index (χ2v) is 6.78. The summed E-state index contributed by atoms with van der Waals surface area (Å²) in [5.74, 6) is 0.543. The molecule has 1 aromatic carbocycles. The standard InChI is InChI=1S/C19H22N4O3/c1-13-5-4-10-22(12-13)16-8-7-15(11-17(16)23(25)26)19(24)21-18-14(2)6-3-9-20-18/h3,6-9,11,13H,4-5,10,12H2,1-2H3,(H,20,21,24). The Labute approximate surface area is 152 Å². The van der Waals surface area contributed by atoms with Crippen molar-refractivity contribution in [1.82, 2.24) is 4.98 Å². The normalized spacial score (nSPS) is 17.0. The van der Waals surface area contributed by atoms with Crippen LogP contribution in [0.4, 0.5) is 17.2 Å². The smallest absolute Gasteiger partial charge is 0.293 e. The van der Waals surface area contributed by atoms with Crippen LogP contribution in [-0.4, -0.2) is 28.9 Å². The maximum atomic E-state index is 12.5. The molecule has 2 heterocycles. The predicted molar refractivity (Wildman–Crippen MR) is 101 cm³/mol. The van der Waals surface area contributed by atoms with Crippen molar-refractivity contribution in [3.8, 4) is 0 Å². The second kappa shape index (κ2) is 7.51. The summed E-state index contributed by atoms with van der Waals surface area (Å²) in [6, 6.07) is 8.28. The van der Waals surface area contributed by atoms with Crippen molar-refractivity contribution in [2.24, 2.45) is 5.92 Å². The predicted octanol–water partition coefficient (Wildman–Crippen LogP) is 3.79. The fourth-order valence-electron chi connectivity index (χ4n) is 3.28. The Kier molecular flexibility index (Phi) is 5.16. The first-order valence-corrected chi connectivity index (χ1v) is 8.72. The Morgan fingerprint density at radius 1 is 1.38 bits per heavy atom. The molecule has 0 bridgehead atoms. The van der Waals surface area contributed by atoms with Crippen LogP contribution in [0.1, 0.15) is 35.7 Å². The number of nitrogens with zero attached hydrogens (tertiary/aromatic N) is 3. The lowest BCUT2D eigenvalue weighted by Crippen LogP contribution is -2.34. The van der Waals surface area contributed by atoms with Crippen LogP contribution < -0.4 is 10.2 Å². The Balaban J connectivity index is 1.87. The van der Waals surface area contributed by atoms with E-state index >= 15 is 0 Å². The van der Waals surface area contributed by atoms with Gasteiger partial charge in [-0.2, -0.15) is 0 Å². The zero-order valence-corrected chi connectivity index (χ0v) is 14.9. The van der Waals surface area contributed by atoms with Gasteiger partial charge in [0.25, 0.3) is 11.6 Å². The van der Waals surface area contributed by atoms with Gasteiger partial charge in [-0.25, -0.2) is 4.98 Å². The molecule has 3 rings (SSSR count). The van der Waals surface area contributed by atoms with Gasteiger partial charge in [-0.3, -0.25) is 14.9 Å². The van der Waals surface area contributed by atoms with Crippen molar-refractivity contribution in [2.45, 2.75) is 26.7 Å². The van der Waals surface area contributed by atoms with E-state index in [-0.39, 0.29) is 11.3 Å². The van der Waals surface area contributed by atoms with Crippen LogP contribution in [0, 0.1) is 23.0 Å². The number of carbonyl (C=O) groups is 1. The number of nitro benzene ring substituents is 1. The molecule has 1 fully saturated rings. The van der Waals surface area contributed by atoms with Crippen LogP contribution >= 0.6 is 0 Å². The number of benzene rings is 1. The number of rotatable bonds is 4. The van der Waals surface area contributed by atoms with E-state index in [4.69, 9.17) is 0 Å². The summed E-state index contributed by atoms with van der Waals surface area (Å²) in [5.41, 5.74) is 1.61. The molecule has 2 aromatic rings. The summed E-state index contributed by atoms with van der Waals surface area (Å²) in [4.78, 5) is 29.8. The van der Waals surface area contributed by atoms with Gasteiger partial charge in [0.2, 0.25) is 0 Å². The number of aryl methyl sites for hydroxylation is 1. The van der Waals surface area contributed by atoms with Crippen molar-refractivity contribution in [1.29, 1.82) is 0 Å². The summed E-state index contributed by atoms with van der Waals surface area (Å²) in [6.45, 7) is 5.57. The first-order chi connectivity index (χ1) is 12.5. The minimum Gasteiger partial charge on any atom is -0.366 e. The van der Waals surface area contributed by atoms with Crippen LogP contribution in [0.15, 0.2) is 36.5 Å². The number of nitro groups is 1. The van der Waals surface area contributed by atoms with E-state index in [1.165, 1.54) is 6.07 Å². The zero-order chi connectivity index (χ0) is 18.7. The lowest BCUT2D eigenvalue weighted by atomic mass is 9.99. The largest absolute Gasteiger partial charge is 0.366 e. The average molecular weight is 354 g/mol. The van der Waals surface area contributed by atoms with E-state index in [1.54, 1.807) is 24.4 Å². The minimum absolute atomic E-state index is 0.0375. The molecule has 0 aliphatic carbocycles. The van der Waals surface area contributed by atoms with Gasteiger partial charge in [0, 0.05) is 30.9 Å². The summed E-state index contributed by atoms with van der Waals surface area (Å²) in [6.07, 6.45) is 3.74. The van der Waals surface area contributed by atoms with E-state index in [0.29, 0.717) is 17.4 Å². The lowest BCUT2D eigenvalue weighted by Gasteiger charge is -2.32. The Morgan fingerprint density at radius 2 is 2.19 bits per heavy atom. The van der Waals surface area contributed by atoms with Gasteiger partial charge < -0.3 is 10.2 Å². The van der Waals surface area contributed by atoms with Crippen molar-refractivity contribution in [2.75, 3.05) is 23.3 Å². The quantitative estimate of drug-likeness (QED) is 0.667. The van der Waals surface area contributed by atoms with E-state index in [9.17, 15) is 14.9 Å². The van der Waals surface area contributed by atoms with Crippen LogP contribution in [0.2, 0.25) is 0 Å². The van der Waals surface area contributed by atoms with Gasteiger partial charge in [0.05, 0.1) is 4.92 Å². The van der Waals surface area contributed by atoms with Gasteiger partial charge in [-0.1, -0.05) is 13.0 Å². The van der Waals surface area contributed by atoms with Gasteiger partial charge in [0.15, 0.2) is 0 Å². The third-order valence-corrected chi connectivity index (χ3v) is 4.67. The summed E-state index contributed by atoms with van der Waals surface area (Å²) < 4.78 is 0. The molecule has 1 atom stereocenters. The highest BCUT2D eigenvalue weighted by Crippen LogP contribution is 2.32. The van der Waals surface area contributed by atoms with Gasteiger partial charge in [0.1, 0.15) is 11.5 Å². The molecule has 7 heteroatoms. The van der Waals surface area contributed by atoms with Crippen LogP contribution in [0.5, 0.6) is 0 Å². The highest BCUT2D eigenvalue weighted by molar-refractivity contribution is 6.05. The summed E-state index contributed by atoms with van der Waals surface area (Å²) >= 11 is 0. The van der Waals surface area contributed by atoms with E-state index in [0.717, 1.165) is 31.5 Å². The van der Waals surface area contributed by atoms with Gasteiger partial charge >= 0.3 is 0 Å². The molecular formula is C19H22N4O3. The first-order valence-electron chi connectivity index (χ1n) is 8.72. The maximum Gasteiger partial charge on any atom is 0.293 e. The Hall–Kier alpha value is -2.96. The fourth-order valence-corrected chi connectivity index (χ4v) is 3.28. The lowest BCUT2D eigenvalue weighted by molar-refractivity contribution is -0.384. The molecule has 1 N–H and O–H groups in total. The summed E-state index contributed by atoms with van der Waals surface area (Å²) in [7, 11) is 0. The number of amides is 1. The molecule has 1 aromatic heterocycles. The molecule has 136 valence electrons. The molecule has 1 amide bonds. The fraction of sp³-hybridized carbons (Fsp3) is 0.368. The molecule has 0 spiro atoms. The molecule has 1 aliphatic heterocycles. The highest BCUT2D eigenvalue weighted by Gasteiger charge is 2.25.